The van der Waals surface area contributed by atoms with Crippen LogP contribution >= 0.6 is 11.6 Å². The Hall–Kier alpha value is -2.45. The average Bonchev–Trinajstić information content (AvgIpc) is 2.85. The van der Waals surface area contributed by atoms with Crippen LogP contribution in [-0.2, 0) is 0 Å². The van der Waals surface area contributed by atoms with E-state index in [9.17, 15) is 0 Å². The summed E-state index contributed by atoms with van der Waals surface area (Å²) in [5.74, 6) is 0. The Bertz CT molecular complexity index is 971. The first-order valence-corrected chi connectivity index (χ1v) is 7.07. The van der Waals surface area contributed by atoms with Gasteiger partial charge in [-0.2, -0.15) is 0 Å². The zero-order valence-corrected chi connectivity index (χ0v) is 11.9. The van der Waals surface area contributed by atoms with Crippen molar-refractivity contribution in [2.24, 2.45) is 0 Å². The predicted octanol–water partition coefficient (Wildman–Crippen LogP) is 5.49. The molecule has 0 fully saturated rings. The highest BCUT2D eigenvalue weighted by molar-refractivity contribution is 6.31. The van der Waals surface area contributed by atoms with Gasteiger partial charge in [0.05, 0.1) is 0 Å². The SMILES string of the molecule is Nc1cc(Cl)ccc1-c1ccc2oc3ccccc3c2c1. The van der Waals surface area contributed by atoms with Crippen LogP contribution in [0.15, 0.2) is 65.1 Å². The lowest BCUT2D eigenvalue weighted by Gasteiger charge is -2.06. The fraction of sp³-hybridized carbons (Fsp3) is 0. The molecule has 2 nitrogen and oxygen atoms in total. The first-order valence-electron chi connectivity index (χ1n) is 6.69. The van der Waals surface area contributed by atoms with Crippen LogP contribution in [0.1, 0.15) is 0 Å². The summed E-state index contributed by atoms with van der Waals surface area (Å²) in [7, 11) is 0. The third kappa shape index (κ3) is 1.96. The van der Waals surface area contributed by atoms with Crippen molar-refractivity contribution in [1.29, 1.82) is 0 Å². The summed E-state index contributed by atoms with van der Waals surface area (Å²) < 4.78 is 5.84. The van der Waals surface area contributed by atoms with Gasteiger partial charge in [0.25, 0.3) is 0 Å². The second-order valence-corrected chi connectivity index (χ2v) is 5.48. The smallest absolute Gasteiger partial charge is 0.135 e. The molecule has 3 aromatic carbocycles. The lowest BCUT2D eigenvalue weighted by atomic mass is 10.0. The van der Waals surface area contributed by atoms with Gasteiger partial charge in [-0.25, -0.2) is 0 Å². The topological polar surface area (TPSA) is 39.2 Å². The van der Waals surface area contributed by atoms with E-state index in [4.69, 9.17) is 21.8 Å². The van der Waals surface area contributed by atoms with Crippen molar-refractivity contribution in [3.63, 3.8) is 0 Å². The van der Waals surface area contributed by atoms with Crippen LogP contribution in [0.25, 0.3) is 33.1 Å². The van der Waals surface area contributed by atoms with Gasteiger partial charge >= 0.3 is 0 Å². The molecular weight excluding hydrogens is 282 g/mol. The molecule has 1 aromatic heterocycles. The number of hydrogen-bond donors (Lipinski definition) is 1. The van der Waals surface area contributed by atoms with Gasteiger partial charge in [-0.05, 0) is 35.9 Å². The Balaban J connectivity index is 1.99. The fourth-order valence-corrected chi connectivity index (χ4v) is 2.87. The second-order valence-electron chi connectivity index (χ2n) is 5.04. The van der Waals surface area contributed by atoms with Gasteiger partial charge in [0.2, 0.25) is 0 Å². The lowest BCUT2D eigenvalue weighted by molar-refractivity contribution is 0.669. The molecule has 2 N–H and O–H groups in total. The second kappa shape index (κ2) is 4.54. The van der Waals surface area contributed by atoms with Crippen LogP contribution in [0.5, 0.6) is 0 Å². The van der Waals surface area contributed by atoms with Crippen LogP contribution in [0.4, 0.5) is 5.69 Å². The molecule has 3 heteroatoms. The Kier molecular flexibility index (Phi) is 2.66. The van der Waals surface area contributed by atoms with Gasteiger partial charge in [0, 0.05) is 27.0 Å². The lowest BCUT2D eigenvalue weighted by Crippen LogP contribution is -1.89. The predicted molar refractivity (Wildman–Crippen MR) is 88.6 cm³/mol. The molecule has 0 aliphatic rings. The van der Waals surface area contributed by atoms with Crippen molar-refractivity contribution < 1.29 is 4.42 Å². The van der Waals surface area contributed by atoms with Gasteiger partial charge in [-0.15, -0.1) is 0 Å². The molecule has 0 saturated carbocycles. The Labute approximate surface area is 126 Å². The Morgan fingerprint density at radius 3 is 2.48 bits per heavy atom. The minimum absolute atomic E-state index is 0.645. The molecular formula is C18H12ClNO. The van der Waals surface area contributed by atoms with Gasteiger partial charge in [-0.1, -0.05) is 41.9 Å². The van der Waals surface area contributed by atoms with E-state index in [0.717, 1.165) is 33.1 Å². The minimum atomic E-state index is 0.645. The summed E-state index contributed by atoms with van der Waals surface area (Å²) in [6.07, 6.45) is 0. The zero-order valence-electron chi connectivity index (χ0n) is 11.1. The monoisotopic (exact) mass is 293 g/mol. The normalized spacial score (nSPS) is 11.3. The quantitative estimate of drug-likeness (QED) is 0.471. The van der Waals surface area contributed by atoms with E-state index in [1.807, 2.05) is 42.5 Å². The highest BCUT2D eigenvalue weighted by Crippen LogP contribution is 2.34. The molecule has 21 heavy (non-hydrogen) atoms. The number of nitrogen functional groups attached to an aromatic ring is 1. The van der Waals surface area contributed by atoms with Crippen LogP contribution in [0.2, 0.25) is 5.02 Å². The van der Waals surface area contributed by atoms with Crippen LogP contribution in [-0.4, -0.2) is 0 Å². The molecule has 4 rings (SSSR count). The first-order chi connectivity index (χ1) is 10.2. The molecule has 0 spiro atoms. The summed E-state index contributed by atoms with van der Waals surface area (Å²) in [4.78, 5) is 0. The number of anilines is 1. The van der Waals surface area contributed by atoms with Crippen LogP contribution in [0, 0.1) is 0 Å². The highest BCUT2D eigenvalue weighted by Gasteiger charge is 2.09. The van der Waals surface area contributed by atoms with Gasteiger partial charge < -0.3 is 10.2 Å². The number of benzene rings is 3. The third-order valence-electron chi connectivity index (χ3n) is 3.70. The summed E-state index contributed by atoms with van der Waals surface area (Å²) in [6, 6.07) is 19.7. The summed E-state index contributed by atoms with van der Waals surface area (Å²) in [5, 5.41) is 2.85. The maximum absolute atomic E-state index is 6.08. The van der Waals surface area contributed by atoms with Crippen LogP contribution < -0.4 is 5.73 Å². The van der Waals surface area contributed by atoms with E-state index in [1.165, 1.54) is 0 Å². The third-order valence-corrected chi connectivity index (χ3v) is 3.94. The van der Waals surface area contributed by atoms with Gasteiger partial charge in [-0.3, -0.25) is 0 Å². The van der Waals surface area contributed by atoms with Crippen molar-refractivity contribution in [2.75, 3.05) is 5.73 Å². The number of furan rings is 1. The maximum Gasteiger partial charge on any atom is 0.135 e. The van der Waals surface area contributed by atoms with Crippen molar-refractivity contribution >= 4 is 39.2 Å². The van der Waals surface area contributed by atoms with Crippen molar-refractivity contribution in [3.05, 3.63) is 65.7 Å². The number of hydrogen-bond acceptors (Lipinski definition) is 2. The van der Waals surface area contributed by atoms with Crippen molar-refractivity contribution in [1.82, 2.24) is 0 Å². The Morgan fingerprint density at radius 1 is 0.810 bits per heavy atom. The molecule has 0 bridgehead atoms. The zero-order chi connectivity index (χ0) is 14.4. The van der Waals surface area contributed by atoms with E-state index in [1.54, 1.807) is 6.07 Å². The number of rotatable bonds is 1. The summed E-state index contributed by atoms with van der Waals surface area (Å²) in [6.45, 7) is 0. The summed E-state index contributed by atoms with van der Waals surface area (Å²) >= 11 is 5.97. The number of para-hydroxylation sites is 1. The van der Waals surface area contributed by atoms with E-state index in [0.29, 0.717) is 10.7 Å². The average molecular weight is 294 g/mol. The van der Waals surface area contributed by atoms with Gasteiger partial charge in [0.15, 0.2) is 0 Å². The van der Waals surface area contributed by atoms with E-state index in [2.05, 4.69) is 12.1 Å². The Morgan fingerprint density at radius 2 is 1.62 bits per heavy atom. The van der Waals surface area contributed by atoms with E-state index < -0.39 is 0 Å². The van der Waals surface area contributed by atoms with Gasteiger partial charge in [0.1, 0.15) is 11.2 Å². The molecule has 102 valence electrons. The molecule has 0 amide bonds. The minimum Gasteiger partial charge on any atom is -0.456 e. The largest absolute Gasteiger partial charge is 0.456 e. The molecule has 0 unspecified atom stereocenters. The molecule has 0 aliphatic heterocycles. The van der Waals surface area contributed by atoms with Crippen LogP contribution in [0.3, 0.4) is 0 Å². The molecule has 0 atom stereocenters. The van der Waals surface area contributed by atoms with Crippen molar-refractivity contribution in [3.8, 4) is 11.1 Å². The molecule has 0 aliphatic carbocycles. The molecule has 0 saturated heterocycles. The standard InChI is InChI=1S/C18H12ClNO/c19-12-6-7-13(16(20)10-12)11-5-8-18-15(9-11)14-3-1-2-4-17(14)21-18/h1-10H,20H2. The maximum atomic E-state index is 6.08. The number of nitrogens with two attached hydrogens (primary N) is 1. The number of fused-ring (bicyclic) bond motifs is 3. The highest BCUT2D eigenvalue weighted by atomic mass is 35.5. The summed E-state index contributed by atoms with van der Waals surface area (Å²) in [5.41, 5.74) is 10.6. The molecule has 1 heterocycles. The van der Waals surface area contributed by atoms with E-state index in [-0.39, 0.29) is 0 Å². The molecule has 4 aromatic rings. The number of halogens is 1. The van der Waals surface area contributed by atoms with Crippen molar-refractivity contribution in [2.45, 2.75) is 0 Å². The molecule has 0 radical (unpaired) electrons. The fourth-order valence-electron chi connectivity index (χ4n) is 2.69. The first kappa shape index (κ1) is 12.3. The van der Waals surface area contributed by atoms with E-state index >= 15 is 0 Å².